The number of para-hydroxylation sites is 2. The molecule has 0 bridgehead atoms. The first-order chi connectivity index (χ1) is 25.3. The van der Waals surface area contributed by atoms with Gasteiger partial charge in [0, 0.05) is 21.8 Å². The Bertz CT molecular complexity index is 2590. The molecule has 1 saturated heterocycles. The predicted molar refractivity (Wildman–Crippen MR) is 192 cm³/mol. The Hall–Kier alpha value is -4.90. The van der Waals surface area contributed by atoms with Gasteiger partial charge in [0.2, 0.25) is 0 Å². The third kappa shape index (κ3) is 3.95. The summed E-state index contributed by atoms with van der Waals surface area (Å²) in [5.41, 5.74) is 5.97. The van der Waals surface area contributed by atoms with E-state index in [9.17, 15) is 0 Å². The van der Waals surface area contributed by atoms with E-state index in [4.69, 9.17) is 22.0 Å². The van der Waals surface area contributed by atoms with Crippen LogP contribution in [0.3, 0.4) is 0 Å². The largest absolute Gasteiger partial charge is 0.498 e. The highest BCUT2D eigenvalue weighted by molar-refractivity contribution is 6.65. The van der Waals surface area contributed by atoms with Crippen molar-refractivity contribution in [3.05, 3.63) is 162 Å². The van der Waals surface area contributed by atoms with E-state index in [1.807, 2.05) is 45.9 Å². The Morgan fingerprint density at radius 3 is 1.70 bits per heavy atom. The number of rotatable bonds is 4. The number of hydrogen-bond acceptors (Lipinski definition) is 3. The molecule has 0 spiro atoms. The molecule has 47 heavy (non-hydrogen) atoms. The lowest BCUT2D eigenvalue weighted by Gasteiger charge is -2.34. The summed E-state index contributed by atoms with van der Waals surface area (Å²) in [6.07, 6.45) is 0. The van der Waals surface area contributed by atoms with Crippen molar-refractivity contribution in [1.29, 1.82) is 0 Å². The van der Waals surface area contributed by atoms with Crippen molar-refractivity contribution in [3.8, 4) is 22.3 Å². The molecule has 1 aliphatic heterocycles. The molecule has 0 saturated carbocycles. The Balaban J connectivity index is 1.29. The molecule has 7 aromatic rings. The third-order valence-electron chi connectivity index (χ3n) is 10.4. The Labute approximate surface area is 284 Å². The van der Waals surface area contributed by atoms with E-state index in [1.54, 1.807) is 0 Å². The topological polar surface area (TPSA) is 31.6 Å². The molecule has 4 heteroatoms. The summed E-state index contributed by atoms with van der Waals surface area (Å²) in [5.74, 6) is 0. The molecule has 0 radical (unpaired) electrons. The van der Waals surface area contributed by atoms with Crippen LogP contribution in [-0.2, 0) is 14.7 Å². The standard InChI is InChI=1S/C43H35BO3/c1-41(2)42(3,4)47-44(46-41)38-23-13-20-35-34-19-12-18-31(39(34)45-40(35)38)28-24-26-30(27-25-28)43(29-14-6-5-7-15-29)36-21-10-8-16-32(36)33-17-9-11-22-37(33)43/h5-27H,1-4H3/i12D,13D,18D,19D,20D,23D. The number of fused-ring (bicyclic) bond motifs is 6. The zero-order valence-electron chi connectivity index (χ0n) is 32.6. The second-order valence-electron chi connectivity index (χ2n) is 13.4. The second-order valence-corrected chi connectivity index (χ2v) is 13.4. The summed E-state index contributed by atoms with van der Waals surface area (Å²) in [4.78, 5) is 0. The monoisotopic (exact) mass is 616 g/mol. The molecule has 2 heterocycles. The first-order valence-corrected chi connectivity index (χ1v) is 16.0. The summed E-state index contributed by atoms with van der Waals surface area (Å²) in [6, 6.07) is 33.7. The summed E-state index contributed by atoms with van der Waals surface area (Å²) in [7, 11) is -1.07. The maximum absolute atomic E-state index is 9.14. The van der Waals surface area contributed by atoms with Gasteiger partial charge >= 0.3 is 7.12 Å². The quantitative estimate of drug-likeness (QED) is 0.185. The van der Waals surface area contributed by atoms with Gasteiger partial charge in [-0.25, -0.2) is 0 Å². The van der Waals surface area contributed by atoms with E-state index in [1.165, 1.54) is 22.3 Å². The van der Waals surface area contributed by atoms with Crippen LogP contribution in [0.2, 0.25) is 0 Å². The normalized spacial score (nSPS) is 19.0. The highest BCUT2D eigenvalue weighted by Gasteiger charge is 2.52. The Morgan fingerprint density at radius 1 is 0.532 bits per heavy atom. The van der Waals surface area contributed by atoms with Crippen molar-refractivity contribution in [1.82, 2.24) is 0 Å². The van der Waals surface area contributed by atoms with Gasteiger partial charge in [-0.05, 0) is 66.6 Å². The summed E-state index contributed by atoms with van der Waals surface area (Å²) >= 11 is 0. The third-order valence-corrected chi connectivity index (χ3v) is 10.4. The van der Waals surface area contributed by atoms with Crippen molar-refractivity contribution in [2.75, 3.05) is 0 Å². The van der Waals surface area contributed by atoms with Gasteiger partial charge < -0.3 is 13.7 Å². The highest BCUT2D eigenvalue weighted by Crippen LogP contribution is 2.56. The molecule has 228 valence electrons. The summed E-state index contributed by atoms with van der Waals surface area (Å²) < 4.78 is 72.8. The van der Waals surface area contributed by atoms with E-state index >= 15 is 0 Å². The number of hydrogen-bond donors (Lipinski definition) is 0. The second kappa shape index (κ2) is 10.1. The lowest BCUT2D eigenvalue weighted by Crippen LogP contribution is -2.41. The van der Waals surface area contributed by atoms with Crippen molar-refractivity contribution in [3.63, 3.8) is 0 Å². The van der Waals surface area contributed by atoms with Crippen molar-refractivity contribution in [2.24, 2.45) is 0 Å². The van der Waals surface area contributed by atoms with Gasteiger partial charge in [-0.3, -0.25) is 0 Å². The Morgan fingerprint density at radius 2 is 1.06 bits per heavy atom. The zero-order valence-corrected chi connectivity index (χ0v) is 26.6. The van der Waals surface area contributed by atoms with Crippen LogP contribution < -0.4 is 5.46 Å². The minimum atomic E-state index is -1.07. The lowest BCUT2D eigenvalue weighted by molar-refractivity contribution is 0.00578. The fourth-order valence-corrected chi connectivity index (χ4v) is 7.40. The first kappa shape index (κ1) is 22.6. The maximum atomic E-state index is 9.14. The molecule has 9 rings (SSSR count). The SMILES string of the molecule is [2H]c1c([2H])c([2H])c2c(oc3c(-c4ccc(C5(c6ccccc6)c6ccccc6-c6ccccc65)cc4)c([2H])c([2H])c([2H])c32)c1B1OC(C)(C)C(C)(C)O1. The van der Waals surface area contributed by atoms with Crippen LogP contribution in [0.15, 0.2) is 144 Å². The average molecular weight is 617 g/mol. The van der Waals surface area contributed by atoms with Crippen LogP contribution in [0.5, 0.6) is 0 Å². The number of furan rings is 1. The van der Waals surface area contributed by atoms with E-state index in [0.29, 0.717) is 11.1 Å². The van der Waals surface area contributed by atoms with E-state index in [0.717, 1.165) is 11.1 Å². The molecular formula is C43H35BO3. The van der Waals surface area contributed by atoms with Crippen molar-refractivity contribution >= 4 is 34.5 Å². The lowest BCUT2D eigenvalue weighted by atomic mass is 9.67. The van der Waals surface area contributed by atoms with Crippen LogP contribution in [0.4, 0.5) is 0 Å². The molecule has 1 aliphatic carbocycles. The van der Waals surface area contributed by atoms with Crippen molar-refractivity contribution < 1.29 is 22.0 Å². The van der Waals surface area contributed by atoms with Crippen LogP contribution in [0.1, 0.15) is 58.2 Å². The molecule has 0 unspecified atom stereocenters. The smallest absolute Gasteiger partial charge is 0.456 e. The van der Waals surface area contributed by atoms with Crippen LogP contribution >= 0.6 is 0 Å². The van der Waals surface area contributed by atoms with Gasteiger partial charge in [-0.1, -0.05) is 139 Å². The molecule has 1 fully saturated rings. The highest BCUT2D eigenvalue weighted by atomic mass is 16.7. The molecule has 2 aliphatic rings. The average Bonchev–Trinajstić information content (AvgIpc) is 3.75. The van der Waals surface area contributed by atoms with Crippen LogP contribution in [-0.4, -0.2) is 18.3 Å². The van der Waals surface area contributed by atoms with Crippen LogP contribution in [0.25, 0.3) is 44.2 Å². The Kier molecular flexibility index (Phi) is 4.83. The molecule has 3 nitrogen and oxygen atoms in total. The fraction of sp³-hybridized carbons (Fsp3) is 0.163. The molecule has 0 N–H and O–H groups in total. The molecule has 1 aromatic heterocycles. The maximum Gasteiger partial charge on any atom is 0.498 e. The van der Waals surface area contributed by atoms with E-state index < -0.39 is 23.7 Å². The minimum Gasteiger partial charge on any atom is -0.456 e. The summed E-state index contributed by atoms with van der Waals surface area (Å²) in [6.45, 7) is 7.56. The van der Waals surface area contributed by atoms with Gasteiger partial charge in [0.05, 0.1) is 24.8 Å². The van der Waals surface area contributed by atoms with E-state index in [-0.39, 0.29) is 63.7 Å². The molecule has 6 aromatic carbocycles. The van der Waals surface area contributed by atoms with Gasteiger partial charge in [0.1, 0.15) is 11.2 Å². The molecule has 0 amide bonds. The molecule has 0 atom stereocenters. The fourth-order valence-electron chi connectivity index (χ4n) is 7.40. The first-order valence-electron chi connectivity index (χ1n) is 19.0. The van der Waals surface area contributed by atoms with Gasteiger partial charge in [0.25, 0.3) is 0 Å². The molecular weight excluding hydrogens is 575 g/mol. The summed E-state index contributed by atoms with van der Waals surface area (Å²) in [5, 5.41) is 0.278. The minimum absolute atomic E-state index is 0.0862. The van der Waals surface area contributed by atoms with E-state index in [2.05, 4.69) is 84.9 Å². The van der Waals surface area contributed by atoms with Gasteiger partial charge in [0.15, 0.2) is 0 Å². The van der Waals surface area contributed by atoms with Gasteiger partial charge in [-0.2, -0.15) is 0 Å². The zero-order chi connectivity index (χ0) is 37.2. The number of benzene rings is 6. The van der Waals surface area contributed by atoms with Crippen molar-refractivity contribution in [2.45, 2.75) is 44.3 Å². The van der Waals surface area contributed by atoms with Gasteiger partial charge in [-0.15, -0.1) is 0 Å². The predicted octanol–water partition coefficient (Wildman–Crippen LogP) is 9.92. The van der Waals surface area contributed by atoms with Crippen LogP contribution in [0, 0.1) is 0 Å².